The maximum Gasteiger partial charge on any atom is 0.0586 e. The van der Waals surface area contributed by atoms with Gasteiger partial charge in [0.15, 0.2) is 0 Å². The second kappa shape index (κ2) is 9.29. The number of aliphatic hydroxyl groups excluding tert-OH is 1. The Morgan fingerprint density at radius 3 is 2.27 bits per heavy atom. The first kappa shape index (κ1) is 17.5. The lowest BCUT2D eigenvalue weighted by Gasteiger charge is -2.39. The normalized spacial score (nSPS) is 20.0. The summed E-state index contributed by atoms with van der Waals surface area (Å²) >= 11 is 0. The Kier molecular flexibility index (Phi) is 7.37. The molecule has 3 nitrogen and oxygen atoms in total. The second-order valence-corrected chi connectivity index (χ2v) is 6.48. The molecular weight excluding hydrogens is 272 g/mol. The Bertz CT molecular complexity index is 397. The number of hydrogen-bond donors (Lipinski definition) is 1. The van der Waals surface area contributed by atoms with Gasteiger partial charge in [-0.25, -0.2) is 0 Å². The van der Waals surface area contributed by atoms with E-state index in [9.17, 15) is 5.11 Å². The molecule has 0 aliphatic carbocycles. The molecular formula is C19H32N2O. The minimum Gasteiger partial charge on any atom is -0.395 e. The monoisotopic (exact) mass is 304 g/mol. The molecule has 0 amide bonds. The van der Waals surface area contributed by atoms with Crippen molar-refractivity contribution >= 4 is 0 Å². The van der Waals surface area contributed by atoms with Crippen molar-refractivity contribution in [1.82, 2.24) is 9.80 Å². The molecule has 1 fully saturated rings. The van der Waals surface area contributed by atoms with E-state index >= 15 is 0 Å². The summed E-state index contributed by atoms with van der Waals surface area (Å²) in [6, 6.07) is 11.3. The molecule has 0 radical (unpaired) electrons. The van der Waals surface area contributed by atoms with Gasteiger partial charge in [-0.15, -0.1) is 0 Å². The zero-order valence-corrected chi connectivity index (χ0v) is 14.2. The largest absolute Gasteiger partial charge is 0.395 e. The van der Waals surface area contributed by atoms with E-state index in [1.807, 2.05) is 0 Å². The Balaban J connectivity index is 1.88. The van der Waals surface area contributed by atoms with Crippen molar-refractivity contribution in [2.24, 2.45) is 0 Å². The molecule has 1 aromatic rings. The van der Waals surface area contributed by atoms with E-state index in [1.165, 1.54) is 24.9 Å². The van der Waals surface area contributed by atoms with E-state index in [2.05, 4.69) is 54.0 Å². The smallest absolute Gasteiger partial charge is 0.0586 e. The summed E-state index contributed by atoms with van der Waals surface area (Å²) in [5, 5.41) is 9.45. The molecule has 3 heteroatoms. The molecule has 1 aromatic carbocycles. The number of rotatable bonds is 8. The average molecular weight is 304 g/mol. The Hall–Kier alpha value is -0.900. The fourth-order valence-electron chi connectivity index (χ4n) is 3.56. The van der Waals surface area contributed by atoms with Crippen LogP contribution in [-0.2, 0) is 0 Å². The van der Waals surface area contributed by atoms with Crippen LogP contribution in [-0.4, -0.2) is 60.3 Å². The molecule has 2 unspecified atom stereocenters. The first-order chi connectivity index (χ1) is 10.8. The van der Waals surface area contributed by atoms with Gasteiger partial charge in [0.25, 0.3) is 0 Å². The zero-order valence-electron chi connectivity index (χ0n) is 14.2. The van der Waals surface area contributed by atoms with Gasteiger partial charge in [-0.3, -0.25) is 4.90 Å². The van der Waals surface area contributed by atoms with Crippen molar-refractivity contribution in [3.63, 3.8) is 0 Å². The summed E-state index contributed by atoms with van der Waals surface area (Å²) in [5.74, 6) is 0.651. The number of piperazine rings is 1. The highest BCUT2D eigenvalue weighted by Crippen LogP contribution is 2.23. The van der Waals surface area contributed by atoms with Crippen LogP contribution in [0.15, 0.2) is 30.3 Å². The summed E-state index contributed by atoms with van der Waals surface area (Å²) < 4.78 is 0. The van der Waals surface area contributed by atoms with Crippen LogP contribution in [0.25, 0.3) is 0 Å². The van der Waals surface area contributed by atoms with Crippen LogP contribution in [0.1, 0.15) is 44.6 Å². The lowest BCUT2D eigenvalue weighted by Crippen LogP contribution is -2.51. The van der Waals surface area contributed by atoms with Crippen molar-refractivity contribution in [2.45, 2.75) is 45.1 Å². The van der Waals surface area contributed by atoms with Gasteiger partial charge < -0.3 is 10.0 Å². The van der Waals surface area contributed by atoms with Gasteiger partial charge in [0.2, 0.25) is 0 Å². The number of aliphatic hydroxyl groups is 1. The maximum absolute atomic E-state index is 9.45. The van der Waals surface area contributed by atoms with E-state index < -0.39 is 0 Å². The van der Waals surface area contributed by atoms with Gasteiger partial charge in [0.1, 0.15) is 0 Å². The van der Waals surface area contributed by atoms with Crippen molar-refractivity contribution in [2.75, 3.05) is 39.3 Å². The topological polar surface area (TPSA) is 26.7 Å². The molecule has 0 saturated carbocycles. The molecule has 0 bridgehead atoms. The first-order valence-electron chi connectivity index (χ1n) is 8.90. The van der Waals surface area contributed by atoms with E-state index in [4.69, 9.17) is 0 Å². The summed E-state index contributed by atoms with van der Waals surface area (Å²) in [5.41, 5.74) is 1.48. The second-order valence-electron chi connectivity index (χ2n) is 6.48. The van der Waals surface area contributed by atoms with E-state index in [0.29, 0.717) is 18.6 Å². The third-order valence-corrected chi connectivity index (χ3v) is 4.99. The van der Waals surface area contributed by atoms with Crippen LogP contribution in [0.4, 0.5) is 0 Å². The van der Waals surface area contributed by atoms with Crippen molar-refractivity contribution in [3.05, 3.63) is 35.9 Å². The van der Waals surface area contributed by atoms with Gasteiger partial charge >= 0.3 is 0 Å². The van der Waals surface area contributed by atoms with Crippen molar-refractivity contribution in [1.29, 1.82) is 0 Å². The number of hydrogen-bond acceptors (Lipinski definition) is 3. The molecule has 0 aromatic heterocycles. The molecule has 1 N–H and O–H groups in total. The maximum atomic E-state index is 9.45. The lowest BCUT2D eigenvalue weighted by atomic mass is 9.93. The lowest BCUT2D eigenvalue weighted by molar-refractivity contribution is 0.0609. The Morgan fingerprint density at radius 2 is 1.73 bits per heavy atom. The fourth-order valence-corrected chi connectivity index (χ4v) is 3.56. The summed E-state index contributed by atoms with van der Waals surface area (Å²) in [4.78, 5) is 5.06. The van der Waals surface area contributed by atoms with E-state index in [1.54, 1.807) is 0 Å². The Labute approximate surface area is 135 Å². The molecule has 2 atom stereocenters. The molecule has 0 spiro atoms. The van der Waals surface area contributed by atoms with Crippen LogP contribution in [0.3, 0.4) is 0 Å². The van der Waals surface area contributed by atoms with Crippen LogP contribution in [0.2, 0.25) is 0 Å². The van der Waals surface area contributed by atoms with Crippen LogP contribution in [0.5, 0.6) is 0 Å². The minimum absolute atomic E-state index is 0.291. The number of nitrogens with zero attached hydrogens (tertiary/aromatic N) is 2. The van der Waals surface area contributed by atoms with Crippen LogP contribution < -0.4 is 0 Å². The number of benzene rings is 1. The van der Waals surface area contributed by atoms with E-state index in [0.717, 1.165) is 32.6 Å². The third kappa shape index (κ3) is 4.80. The molecule has 1 saturated heterocycles. The molecule has 1 aliphatic heterocycles. The fraction of sp³-hybridized carbons (Fsp3) is 0.684. The van der Waals surface area contributed by atoms with Gasteiger partial charge in [-0.1, -0.05) is 50.6 Å². The Morgan fingerprint density at radius 1 is 1.05 bits per heavy atom. The summed E-state index contributed by atoms with van der Waals surface area (Å²) in [6.45, 7) is 10.3. The summed E-state index contributed by atoms with van der Waals surface area (Å²) in [6.07, 6.45) is 3.54. The van der Waals surface area contributed by atoms with Crippen molar-refractivity contribution < 1.29 is 5.11 Å². The first-order valence-corrected chi connectivity index (χ1v) is 8.90. The van der Waals surface area contributed by atoms with Crippen LogP contribution in [0, 0.1) is 0 Å². The predicted molar refractivity (Wildman–Crippen MR) is 93.3 cm³/mol. The molecule has 2 rings (SSSR count). The third-order valence-electron chi connectivity index (χ3n) is 4.99. The minimum atomic E-state index is 0.291. The predicted octanol–water partition coefficient (Wildman–Crippen LogP) is 2.96. The average Bonchev–Trinajstić information content (AvgIpc) is 2.58. The molecule has 22 heavy (non-hydrogen) atoms. The summed E-state index contributed by atoms with van der Waals surface area (Å²) in [7, 11) is 0. The highest BCUT2D eigenvalue weighted by atomic mass is 16.3. The van der Waals surface area contributed by atoms with Gasteiger partial charge in [-0.2, -0.15) is 0 Å². The molecule has 124 valence electrons. The van der Waals surface area contributed by atoms with Gasteiger partial charge in [-0.05, 0) is 24.3 Å². The molecule has 1 aliphatic rings. The molecule has 1 heterocycles. The van der Waals surface area contributed by atoms with Gasteiger partial charge in [0.05, 0.1) is 6.61 Å². The van der Waals surface area contributed by atoms with Crippen LogP contribution >= 0.6 is 0 Å². The van der Waals surface area contributed by atoms with E-state index in [-0.39, 0.29) is 0 Å². The zero-order chi connectivity index (χ0) is 15.8. The van der Waals surface area contributed by atoms with Crippen molar-refractivity contribution in [3.8, 4) is 0 Å². The standard InChI is InChI=1S/C19H32N2O/c1-3-8-18(17-9-6-5-7-10-17)15-20-11-13-21(14-12-20)19(4-2)16-22/h5-7,9-10,18-19,22H,3-4,8,11-16H2,1-2H3. The highest BCUT2D eigenvalue weighted by Gasteiger charge is 2.24. The highest BCUT2D eigenvalue weighted by molar-refractivity contribution is 5.19. The SMILES string of the molecule is CCCC(CN1CCN(C(CC)CO)CC1)c1ccccc1. The van der Waals surface area contributed by atoms with Gasteiger partial charge in [0, 0.05) is 38.8 Å². The quantitative estimate of drug-likeness (QED) is 0.800.